The van der Waals surface area contributed by atoms with Gasteiger partial charge in [0.05, 0.1) is 12.2 Å². The fraction of sp³-hybridized carbons (Fsp3) is 0.643. The summed E-state index contributed by atoms with van der Waals surface area (Å²) < 4.78 is 5.21. The van der Waals surface area contributed by atoms with Gasteiger partial charge in [-0.1, -0.05) is 0 Å². The summed E-state index contributed by atoms with van der Waals surface area (Å²) in [6.45, 7) is 7.90. The van der Waals surface area contributed by atoms with Crippen LogP contribution in [0, 0.1) is 5.92 Å². The van der Waals surface area contributed by atoms with Crippen LogP contribution in [0.5, 0.6) is 0 Å². The molecule has 1 aromatic rings. The van der Waals surface area contributed by atoms with E-state index in [1.807, 2.05) is 27.7 Å². The normalized spacial score (nSPS) is 28.1. The SMILES string of the molecule is CC1(C)CC(=O)C(C(O)c2ccco2)C(C)(C)N1. The summed E-state index contributed by atoms with van der Waals surface area (Å²) in [5.74, 6) is 0.0345. The number of carbonyl (C=O) groups excluding carboxylic acids is 1. The first-order valence-electron chi connectivity index (χ1n) is 6.26. The summed E-state index contributed by atoms with van der Waals surface area (Å²) in [6.07, 6.45) is 1.03. The maximum atomic E-state index is 12.3. The third-order valence-corrected chi connectivity index (χ3v) is 3.55. The fourth-order valence-electron chi connectivity index (χ4n) is 3.14. The van der Waals surface area contributed by atoms with Crippen molar-refractivity contribution in [3.8, 4) is 0 Å². The maximum absolute atomic E-state index is 12.3. The lowest BCUT2D eigenvalue weighted by Gasteiger charge is -2.47. The van der Waals surface area contributed by atoms with Gasteiger partial charge in [-0.2, -0.15) is 0 Å². The molecule has 0 radical (unpaired) electrons. The van der Waals surface area contributed by atoms with Crippen LogP contribution in [0.25, 0.3) is 0 Å². The topological polar surface area (TPSA) is 62.5 Å². The largest absolute Gasteiger partial charge is 0.467 e. The van der Waals surface area contributed by atoms with Crippen LogP contribution in [0.3, 0.4) is 0 Å². The molecule has 1 fully saturated rings. The number of hydrogen-bond donors (Lipinski definition) is 2. The zero-order valence-electron chi connectivity index (χ0n) is 11.4. The van der Waals surface area contributed by atoms with Crippen molar-refractivity contribution in [2.24, 2.45) is 5.92 Å². The van der Waals surface area contributed by atoms with Crippen LogP contribution >= 0.6 is 0 Å². The van der Waals surface area contributed by atoms with Crippen molar-refractivity contribution in [1.82, 2.24) is 5.32 Å². The molecule has 2 N–H and O–H groups in total. The van der Waals surface area contributed by atoms with Crippen molar-refractivity contribution in [2.75, 3.05) is 0 Å². The molecule has 0 amide bonds. The number of Topliss-reactive ketones (excluding diaryl/α,β-unsaturated/α-hetero) is 1. The highest BCUT2D eigenvalue weighted by Gasteiger charge is 2.49. The molecule has 4 heteroatoms. The van der Waals surface area contributed by atoms with E-state index < -0.39 is 17.6 Å². The first kappa shape index (κ1) is 13.3. The number of hydrogen-bond acceptors (Lipinski definition) is 4. The molecule has 0 spiro atoms. The van der Waals surface area contributed by atoms with Crippen molar-refractivity contribution >= 4 is 5.78 Å². The van der Waals surface area contributed by atoms with Gasteiger partial charge in [-0.3, -0.25) is 4.79 Å². The monoisotopic (exact) mass is 251 g/mol. The second-order valence-corrected chi connectivity index (χ2v) is 6.31. The van der Waals surface area contributed by atoms with E-state index in [1.165, 1.54) is 6.26 Å². The molecule has 0 saturated carbocycles. The van der Waals surface area contributed by atoms with E-state index >= 15 is 0 Å². The van der Waals surface area contributed by atoms with Gasteiger partial charge < -0.3 is 14.8 Å². The third-order valence-electron chi connectivity index (χ3n) is 3.55. The Balaban J connectivity index is 2.29. The Labute approximate surface area is 107 Å². The lowest BCUT2D eigenvalue weighted by molar-refractivity contribution is -0.137. The quantitative estimate of drug-likeness (QED) is 0.844. The Morgan fingerprint density at radius 1 is 1.44 bits per heavy atom. The third kappa shape index (κ3) is 2.35. The van der Waals surface area contributed by atoms with E-state index in [4.69, 9.17) is 4.42 Å². The number of piperidine rings is 1. The highest BCUT2D eigenvalue weighted by atomic mass is 16.4. The zero-order chi connectivity index (χ0) is 13.6. The van der Waals surface area contributed by atoms with E-state index in [1.54, 1.807) is 12.1 Å². The van der Waals surface area contributed by atoms with Crippen LogP contribution in [-0.2, 0) is 4.79 Å². The number of rotatable bonds is 2. The van der Waals surface area contributed by atoms with E-state index in [9.17, 15) is 9.90 Å². The Bertz CT molecular complexity index is 434. The number of aliphatic hydroxyl groups excluding tert-OH is 1. The summed E-state index contributed by atoms with van der Waals surface area (Å²) >= 11 is 0. The smallest absolute Gasteiger partial charge is 0.142 e. The Morgan fingerprint density at radius 2 is 2.11 bits per heavy atom. The lowest BCUT2D eigenvalue weighted by atomic mass is 9.71. The molecule has 18 heavy (non-hydrogen) atoms. The van der Waals surface area contributed by atoms with Crippen LogP contribution in [0.4, 0.5) is 0 Å². The standard InChI is InChI=1S/C14H21NO3/c1-13(2)8-9(16)11(14(3,4)15-13)12(17)10-6-5-7-18-10/h5-7,11-12,15,17H,8H2,1-4H3. The summed E-state index contributed by atoms with van der Waals surface area (Å²) in [7, 11) is 0. The number of aliphatic hydroxyl groups is 1. The molecule has 0 aromatic carbocycles. The predicted molar refractivity (Wildman–Crippen MR) is 68.1 cm³/mol. The van der Waals surface area contributed by atoms with Crippen LogP contribution in [0.1, 0.15) is 46.0 Å². The van der Waals surface area contributed by atoms with Crippen molar-refractivity contribution in [2.45, 2.75) is 51.3 Å². The number of ketones is 1. The van der Waals surface area contributed by atoms with Gasteiger partial charge in [-0.15, -0.1) is 0 Å². The van der Waals surface area contributed by atoms with Gasteiger partial charge in [0.25, 0.3) is 0 Å². The minimum Gasteiger partial charge on any atom is -0.467 e. The van der Waals surface area contributed by atoms with Crippen molar-refractivity contribution < 1.29 is 14.3 Å². The van der Waals surface area contributed by atoms with Crippen molar-refractivity contribution in [3.05, 3.63) is 24.2 Å². The predicted octanol–water partition coefficient (Wildman–Crippen LogP) is 2.05. The molecule has 2 atom stereocenters. The number of furan rings is 1. The molecule has 0 aliphatic carbocycles. The van der Waals surface area contributed by atoms with Crippen molar-refractivity contribution in [3.63, 3.8) is 0 Å². The van der Waals surface area contributed by atoms with E-state index in [0.29, 0.717) is 12.2 Å². The molecule has 1 aromatic heterocycles. The highest BCUT2D eigenvalue weighted by Crippen LogP contribution is 2.38. The van der Waals surface area contributed by atoms with Gasteiger partial charge in [-0.05, 0) is 39.8 Å². The van der Waals surface area contributed by atoms with Gasteiger partial charge in [0.2, 0.25) is 0 Å². The highest BCUT2D eigenvalue weighted by molar-refractivity contribution is 5.85. The Hall–Kier alpha value is -1.13. The van der Waals surface area contributed by atoms with Crippen molar-refractivity contribution in [1.29, 1.82) is 0 Å². The Kier molecular flexibility index (Phi) is 3.11. The van der Waals surface area contributed by atoms with Crippen LogP contribution < -0.4 is 5.32 Å². The number of carbonyl (C=O) groups is 1. The average molecular weight is 251 g/mol. The second kappa shape index (κ2) is 4.21. The average Bonchev–Trinajstić information content (AvgIpc) is 2.63. The molecule has 0 bridgehead atoms. The molecule has 2 heterocycles. The minimum atomic E-state index is -0.897. The zero-order valence-corrected chi connectivity index (χ0v) is 11.4. The van der Waals surface area contributed by atoms with E-state index in [0.717, 1.165) is 0 Å². The summed E-state index contributed by atoms with van der Waals surface area (Å²) in [6, 6.07) is 3.42. The van der Waals surface area contributed by atoms with Gasteiger partial charge >= 0.3 is 0 Å². The molecule has 1 aliphatic heterocycles. The molecule has 2 rings (SSSR count). The molecule has 1 saturated heterocycles. The summed E-state index contributed by atoms with van der Waals surface area (Å²) in [4.78, 5) is 12.3. The Morgan fingerprint density at radius 3 is 2.61 bits per heavy atom. The van der Waals surface area contributed by atoms with Gasteiger partial charge in [0, 0.05) is 17.5 Å². The lowest BCUT2D eigenvalue weighted by Crippen LogP contribution is -2.64. The maximum Gasteiger partial charge on any atom is 0.142 e. The summed E-state index contributed by atoms with van der Waals surface area (Å²) in [5.41, 5.74) is -0.703. The van der Waals surface area contributed by atoms with Crippen LogP contribution in [-0.4, -0.2) is 22.0 Å². The van der Waals surface area contributed by atoms with E-state index in [-0.39, 0.29) is 11.3 Å². The molecular formula is C14H21NO3. The van der Waals surface area contributed by atoms with Gasteiger partial charge in [-0.25, -0.2) is 0 Å². The number of nitrogens with one attached hydrogen (secondary N) is 1. The fourth-order valence-corrected chi connectivity index (χ4v) is 3.14. The molecule has 2 unspecified atom stereocenters. The summed E-state index contributed by atoms with van der Waals surface area (Å²) in [5, 5.41) is 13.8. The van der Waals surface area contributed by atoms with Crippen LogP contribution in [0.15, 0.2) is 22.8 Å². The second-order valence-electron chi connectivity index (χ2n) is 6.31. The first-order chi connectivity index (χ1) is 8.23. The van der Waals surface area contributed by atoms with Gasteiger partial charge in [0.1, 0.15) is 17.6 Å². The minimum absolute atomic E-state index is 0.0765. The molecule has 100 valence electrons. The first-order valence-corrected chi connectivity index (χ1v) is 6.26. The van der Waals surface area contributed by atoms with Crippen LogP contribution in [0.2, 0.25) is 0 Å². The molecular weight excluding hydrogens is 230 g/mol. The van der Waals surface area contributed by atoms with Gasteiger partial charge in [0.15, 0.2) is 0 Å². The molecule has 4 nitrogen and oxygen atoms in total. The van der Waals surface area contributed by atoms with E-state index in [2.05, 4.69) is 5.32 Å². The molecule has 1 aliphatic rings.